The standard InChI is InChI=1S/C42H52F3N5O9S/c1-25-33-28(29-21-27(57-42(43,44)45)13-14-30(29)46-25)15-18-40(58-33)23-32-34(51)48-41(36(53)49-60(55,56)39(3)19-20-39)22-26(41)11-7-5-4-6-8-12-31(35(52)50(32)24-40)47-37(54)59-38(2)16-9-10-17-38/h7,11,13-14,21,26,31-32H,4-6,8-10,12,15-20,22-24H2,1-3H3,(H,47,54)(H,48,51)(H,49,53)/b11-7-/t26-,31+,32+,40-,41-/m1/s1. The SMILES string of the molecule is Cc1nc2ccc(OC(F)(F)F)cc2c2c1O[C@]1(CC2)C[C@H]2C(=O)N[C@]3(C(=O)NS(=O)(=O)C4(C)CC4)C[C@H]3/C=C\CCCCC[C@H](NC(=O)OC3(C)CCCC3)C(=O)N2C1. The fourth-order valence-electron chi connectivity index (χ4n) is 9.49. The predicted octanol–water partition coefficient (Wildman–Crippen LogP) is 5.93. The third kappa shape index (κ3) is 8.24. The van der Waals surface area contributed by atoms with Gasteiger partial charge in [-0.05, 0) is 116 Å². The van der Waals surface area contributed by atoms with Gasteiger partial charge in [-0.3, -0.25) is 19.1 Å². The molecule has 3 saturated carbocycles. The van der Waals surface area contributed by atoms with Gasteiger partial charge in [0.1, 0.15) is 40.3 Å². The van der Waals surface area contributed by atoms with Crippen molar-refractivity contribution in [3.8, 4) is 11.5 Å². The number of hydrogen-bond acceptors (Lipinski definition) is 10. The molecule has 5 atom stereocenters. The van der Waals surface area contributed by atoms with Crippen molar-refractivity contribution >= 4 is 44.7 Å². The van der Waals surface area contributed by atoms with E-state index < -0.39 is 85.4 Å². The second-order valence-electron chi connectivity index (χ2n) is 18.2. The molecule has 6 aliphatic rings. The minimum absolute atomic E-state index is 0.0392. The quantitative estimate of drug-likeness (QED) is 0.295. The van der Waals surface area contributed by atoms with Crippen LogP contribution in [0.4, 0.5) is 18.0 Å². The van der Waals surface area contributed by atoms with E-state index in [1.807, 2.05) is 19.1 Å². The number of rotatable bonds is 6. The summed E-state index contributed by atoms with van der Waals surface area (Å²) in [5, 5.41) is 6.11. The van der Waals surface area contributed by atoms with Crippen LogP contribution in [-0.2, 0) is 35.6 Å². The van der Waals surface area contributed by atoms with E-state index in [0.717, 1.165) is 25.7 Å². The lowest BCUT2D eigenvalue weighted by atomic mass is 9.87. The molecule has 60 heavy (non-hydrogen) atoms. The molecule has 4 amide bonds. The van der Waals surface area contributed by atoms with Crippen LogP contribution >= 0.6 is 0 Å². The van der Waals surface area contributed by atoms with Gasteiger partial charge in [0.2, 0.25) is 21.8 Å². The number of halogens is 3. The Balaban J connectivity index is 1.13. The summed E-state index contributed by atoms with van der Waals surface area (Å²) in [5.41, 5.74) is -1.94. The molecule has 1 aromatic heterocycles. The normalized spacial score (nSPS) is 30.4. The van der Waals surface area contributed by atoms with Gasteiger partial charge in [-0.2, -0.15) is 0 Å². The first kappa shape index (κ1) is 42.1. The van der Waals surface area contributed by atoms with Crippen LogP contribution in [0.1, 0.15) is 115 Å². The molecule has 4 heterocycles. The first-order valence-corrected chi connectivity index (χ1v) is 22.5. The van der Waals surface area contributed by atoms with Gasteiger partial charge in [0.15, 0.2) is 0 Å². The zero-order chi connectivity index (χ0) is 42.9. The van der Waals surface area contributed by atoms with Crippen molar-refractivity contribution in [2.45, 2.75) is 157 Å². The number of amides is 4. The predicted molar refractivity (Wildman–Crippen MR) is 211 cm³/mol. The number of alkyl carbamates (subject to hydrolysis) is 1. The van der Waals surface area contributed by atoms with E-state index in [2.05, 4.69) is 25.1 Å². The number of ether oxygens (including phenoxy) is 3. The van der Waals surface area contributed by atoms with Gasteiger partial charge < -0.3 is 29.7 Å². The van der Waals surface area contributed by atoms with Crippen molar-refractivity contribution in [3.63, 3.8) is 0 Å². The smallest absolute Gasteiger partial charge is 0.483 e. The number of aromatic nitrogens is 1. The van der Waals surface area contributed by atoms with Crippen LogP contribution < -0.4 is 24.8 Å². The Morgan fingerprint density at radius 1 is 1.02 bits per heavy atom. The highest BCUT2D eigenvalue weighted by molar-refractivity contribution is 7.91. The molecule has 4 fully saturated rings. The Kier molecular flexibility index (Phi) is 10.6. The molecule has 1 saturated heterocycles. The minimum atomic E-state index is -4.91. The van der Waals surface area contributed by atoms with E-state index in [1.54, 1.807) is 13.8 Å². The number of hydrogen-bond donors (Lipinski definition) is 3. The van der Waals surface area contributed by atoms with Crippen LogP contribution in [0.15, 0.2) is 30.4 Å². The number of aryl methyl sites for hydroxylation is 2. The molecular weight excluding hydrogens is 808 g/mol. The summed E-state index contributed by atoms with van der Waals surface area (Å²) >= 11 is 0. The molecule has 1 aromatic carbocycles. The summed E-state index contributed by atoms with van der Waals surface area (Å²) in [6.07, 6.45) is 5.74. The third-order valence-corrected chi connectivity index (χ3v) is 15.6. The number of alkyl halides is 3. The molecule has 8 rings (SSSR count). The van der Waals surface area contributed by atoms with Crippen LogP contribution in [-0.4, -0.2) is 88.6 Å². The van der Waals surface area contributed by atoms with Gasteiger partial charge in [-0.25, -0.2) is 18.2 Å². The van der Waals surface area contributed by atoms with Crippen molar-refractivity contribution in [2.24, 2.45) is 5.92 Å². The largest absolute Gasteiger partial charge is 0.573 e. The zero-order valence-corrected chi connectivity index (χ0v) is 34.9. The lowest BCUT2D eigenvalue weighted by Crippen LogP contribution is -2.58. The maximum absolute atomic E-state index is 14.9. The van der Waals surface area contributed by atoms with Gasteiger partial charge in [-0.15, -0.1) is 13.2 Å². The van der Waals surface area contributed by atoms with E-state index in [1.165, 1.54) is 23.1 Å². The molecule has 0 unspecified atom stereocenters. The number of pyridine rings is 1. The summed E-state index contributed by atoms with van der Waals surface area (Å²) < 4.78 is 84.0. The van der Waals surface area contributed by atoms with Crippen LogP contribution in [0, 0.1) is 12.8 Å². The van der Waals surface area contributed by atoms with Gasteiger partial charge in [0.25, 0.3) is 5.91 Å². The second-order valence-corrected chi connectivity index (χ2v) is 20.4. The molecule has 1 spiro atoms. The third-order valence-electron chi connectivity index (χ3n) is 13.5. The summed E-state index contributed by atoms with van der Waals surface area (Å²) in [6, 6.07) is 1.61. The Labute approximate surface area is 346 Å². The first-order chi connectivity index (χ1) is 28.2. The molecule has 326 valence electrons. The minimum Gasteiger partial charge on any atom is -0.483 e. The fourth-order valence-corrected chi connectivity index (χ4v) is 10.8. The number of nitrogens with one attached hydrogen (secondary N) is 3. The summed E-state index contributed by atoms with van der Waals surface area (Å²) in [5.74, 6) is -2.67. The lowest BCUT2D eigenvalue weighted by molar-refractivity contribution is -0.274. The monoisotopic (exact) mass is 859 g/mol. The number of carbonyl (C=O) groups is 4. The molecule has 14 nitrogen and oxygen atoms in total. The lowest BCUT2D eigenvalue weighted by Gasteiger charge is -2.37. The number of sulfonamides is 1. The van der Waals surface area contributed by atoms with E-state index >= 15 is 0 Å². The average molecular weight is 860 g/mol. The van der Waals surface area contributed by atoms with Gasteiger partial charge in [0, 0.05) is 23.3 Å². The molecule has 0 bridgehead atoms. The molecule has 3 aliphatic carbocycles. The molecule has 2 aromatic rings. The van der Waals surface area contributed by atoms with Gasteiger partial charge in [-0.1, -0.05) is 25.0 Å². The Morgan fingerprint density at radius 3 is 2.48 bits per heavy atom. The number of allylic oxidation sites excluding steroid dienone is 1. The number of nitrogens with zero attached hydrogens (tertiary/aromatic N) is 2. The van der Waals surface area contributed by atoms with Crippen molar-refractivity contribution in [3.05, 3.63) is 41.6 Å². The van der Waals surface area contributed by atoms with E-state index in [0.29, 0.717) is 72.9 Å². The number of fused-ring (bicyclic) bond motifs is 5. The number of benzene rings is 1. The van der Waals surface area contributed by atoms with Crippen molar-refractivity contribution in [1.82, 2.24) is 25.2 Å². The summed E-state index contributed by atoms with van der Waals surface area (Å²) in [7, 11) is -4.05. The van der Waals surface area contributed by atoms with E-state index in [-0.39, 0.29) is 32.2 Å². The Bertz CT molecular complexity index is 2240. The highest BCUT2D eigenvalue weighted by Crippen LogP contribution is 2.49. The summed E-state index contributed by atoms with van der Waals surface area (Å²) in [4.78, 5) is 63.0. The van der Waals surface area contributed by atoms with Crippen LogP contribution in [0.25, 0.3) is 10.9 Å². The molecule has 3 aliphatic heterocycles. The molecule has 0 radical (unpaired) electrons. The maximum atomic E-state index is 14.9. The average Bonchev–Trinajstić information content (AvgIpc) is 4.00. The topological polar surface area (TPSA) is 182 Å². The molecular formula is C42H52F3N5O9S. The Hall–Kier alpha value is -4.61. The zero-order valence-electron chi connectivity index (χ0n) is 34.0. The Morgan fingerprint density at radius 2 is 1.77 bits per heavy atom. The van der Waals surface area contributed by atoms with Gasteiger partial charge in [0.05, 0.1) is 22.5 Å². The van der Waals surface area contributed by atoms with Gasteiger partial charge >= 0.3 is 12.5 Å². The molecule has 18 heteroatoms. The van der Waals surface area contributed by atoms with Crippen LogP contribution in [0.5, 0.6) is 11.5 Å². The highest BCUT2D eigenvalue weighted by atomic mass is 32.2. The second kappa shape index (κ2) is 15.1. The van der Waals surface area contributed by atoms with Crippen molar-refractivity contribution < 1.29 is 55.0 Å². The van der Waals surface area contributed by atoms with E-state index in [4.69, 9.17) is 9.47 Å². The van der Waals surface area contributed by atoms with Crippen LogP contribution in [0.3, 0.4) is 0 Å². The molecule has 3 N–H and O–H groups in total. The van der Waals surface area contributed by atoms with Crippen molar-refractivity contribution in [1.29, 1.82) is 0 Å². The highest BCUT2D eigenvalue weighted by Gasteiger charge is 2.64. The van der Waals surface area contributed by atoms with Crippen molar-refractivity contribution in [2.75, 3.05) is 6.54 Å². The fraction of sp³-hybridized carbons (Fsp3) is 0.643. The van der Waals surface area contributed by atoms with Crippen LogP contribution in [0.2, 0.25) is 0 Å². The number of carbonyl (C=O) groups excluding carboxylic acids is 4. The van der Waals surface area contributed by atoms with E-state index in [9.17, 15) is 40.8 Å². The summed E-state index contributed by atoms with van der Waals surface area (Å²) in [6.45, 7) is 5.04. The first-order valence-electron chi connectivity index (χ1n) is 21.0. The maximum Gasteiger partial charge on any atom is 0.573 e.